The first-order valence-corrected chi connectivity index (χ1v) is 13.1. The molecule has 3 aromatic carbocycles. The Labute approximate surface area is 220 Å². The average Bonchev–Trinajstić information content (AvgIpc) is 3.46. The number of hydrogen-bond acceptors (Lipinski definition) is 5. The Hall–Kier alpha value is -4.10. The standard InChI is InChI=1S/C30H28N2O4S/c1-21-9-11-23(12-10-21)28(29(33)31-19-22-6-3-2-4-7-22)32(20-25-8-5-17-37-25)30(34)24-13-14-26-27(18-24)36-16-15-35-26/h2-14,17-18,28H,15-16,19-20H2,1H3,(H,31,33)/t28-/m1/s1. The molecule has 2 amide bonds. The van der Waals surface area contributed by atoms with Crippen LogP contribution in [0.2, 0.25) is 0 Å². The predicted molar refractivity (Wildman–Crippen MR) is 144 cm³/mol. The van der Waals surface area contributed by atoms with Crippen LogP contribution in [-0.2, 0) is 17.9 Å². The molecule has 1 atom stereocenters. The summed E-state index contributed by atoms with van der Waals surface area (Å²) in [7, 11) is 0. The number of thiophene rings is 1. The van der Waals surface area contributed by atoms with Crippen molar-refractivity contribution in [1.82, 2.24) is 10.2 Å². The molecule has 1 aliphatic heterocycles. The minimum atomic E-state index is -0.827. The molecule has 1 aromatic heterocycles. The molecule has 0 saturated heterocycles. The zero-order chi connectivity index (χ0) is 25.6. The second-order valence-electron chi connectivity index (χ2n) is 8.89. The van der Waals surface area contributed by atoms with Crippen molar-refractivity contribution in [1.29, 1.82) is 0 Å². The zero-order valence-corrected chi connectivity index (χ0v) is 21.4. The highest BCUT2D eigenvalue weighted by molar-refractivity contribution is 7.09. The molecule has 0 spiro atoms. The second kappa shape index (κ2) is 11.3. The van der Waals surface area contributed by atoms with Crippen LogP contribution in [0.4, 0.5) is 0 Å². The van der Waals surface area contributed by atoms with Gasteiger partial charge in [0.15, 0.2) is 11.5 Å². The Morgan fingerprint density at radius 2 is 1.68 bits per heavy atom. The Bertz CT molecular complexity index is 1350. The van der Waals surface area contributed by atoms with Gasteiger partial charge in [-0.2, -0.15) is 0 Å². The number of hydrogen-bond donors (Lipinski definition) is 1. The summed E-state index contributed by atoms with van der Waals surface area (Å²) < 4.78 is 11.4. The number of aryl methyl sites for hydroxylation is 1. The molecule has 0 unspecified atom stereocenters. The molecule has 0 fully saturated rings. The van der Waals surface area contributed by atoms with Crippen LogP contribution < -0.4 is 14.8 Å². The van der Waals surface area contributed by atoms with Gasteiger partial charge in [-0.25, -0.2) is 0 Å². The van der Waals surface area contributed by atoms with E-state index >= 15 is 0 Å². The van der Waals surface area contributed by atoms with Crippen LogP contribution in [0.3, 0.4) is 0 Å². The summed E-state index contributed by atoms with van der Waals surface area (Å²) in [5.74, 6) is 0.651. The number of rotatable bonds is 8. The maximum Gasteiger partial charge on any atom is 0.255 e. The van der Waals surface area contributed by atoms with E-state index < -0.39 is 6.04 Å². The molecule has 1 aliphatic rings. The van der Waals surface area contributed by atoms with E-state index in [9.17, 15) is 9.59 Å². The van der Waals surface area contributed by atoms with Gasteiger partial charge in [0, 0.05) is 17.0 Å². The lowest BCUT2D eigenvalue weighted by Gasteiger charge is -2.31. The lowest BCUT2D eigenvalue weighted by Crippen LogP contribution is -2.43. The molecule has 37 heavy (non-hydrogen) atoms. The van der Waals surface area contributed by atoms with Crippen molar-refractivity contribution in [3.63, 3.8) is 0 Å². The summed E-state index contributed by atoms with van der Waals surface area (Å²) in [5.41, 5.74) is 3.25. The molecule has 0 saturated carbocycles. The number of amides is 2. The fourth-order valence-corrected chi connectivity index (χ4v) is 5.00. The van der Waals surface area contributed by atoms with Crippen LogP contribution in [0.1, 0.15) is 38.0 Å². The predicted octanol–water partition coefficient (Wildman–Crippen LogP) is 5.53. The van der Waals surface area contributed by atoms with Gasteiger partial charge in [-0.3, -0.25) is 9.59 Å². The van der Waals surface area contributed by atoms with Crippen molar-refractivity contribution in [2.24, 2.45) is 0 Å². The van der Waals surface area contributed by atoms with Gasteiger partial charge < -0.3 is 19.7 Å². The lowest BCUT2D eigenvalue weighted by atomic mass is 10.0. The van der Waals surface area contributed by atoms with Gasteiger partial charge in [-0.05, 0) is 47.7 Å². The molecular formula is C30H28N2O4S. The maximum atomic E-state index is 14.1. The number of nitrogens with zero attached hydrogens (tertiary/aromatic N) is 1. The van der Waals surface area contributed by atoms with Crippen LogP contribution in [-0.4, -0.2) is 29.9 Å². The number of carbonyl (C=O) groups excluding carboxylic acids is 2. The number of fused-ring (bicyclic) bond motifs is 1. The van der Waals surface area contributed by atoms with Gasteiger partial charge in [0.1, 0.15) is 19.3 Å². The summed E-state index contributed by atoms with van der Waals surface area (Å²) >= 11 is 1.55. The van der Waals surface area contributed by atoms with E-state index in [1.165, 1.54) is 0 Å². The molecule has 0 aliphatic carbocycles. The highest BCUT2D eigenvalue weighted by Gasteiger charge is 2.33. The van der Waals surface area contributed by atoms with E-state index in [2.05, 4.69) is 5.32 Å². The first kappa shape index (κ1) is 24.6. The first-order chi connectivity index (χ1) is 18.1. The molecule has 2 heterocycles. The highest BCUT2D eigenvalue weighted by atomic mass is 32.1. The zero-order valence-electron chi connectivity index (χ0n) is 20.6. The SMILES string of the molecule is Cc1ccc([C@H](C(=O)NCc2ccccc2)N(Cc2cccs2)C(=O)c2ccc3c(c2)OCCO3)cc1. The normalized spacial score (nSPS) is 13.0. The van der Waals surface area contributed by atoms with Crippen LogP contribution in [0.15, 0.2) is 90.3 Å². The molecule has 5 rings (SSSR count). The Kier molecular flexibility index (Phi) is 7.51. The smallest absolute Gasteiger partial charge is 0.255 e. The molecule has 7 heteroatoms. The van der Waals surface area contributed by atoms with E-state index in [1.54, 1.807) is 34.4 Å². The fraction of sp³-hybridized carbons (Fsp3) is 0.200. The summed E-state index contributed by atoms with van der Waals surface area (Å²) in [6, 6.07) is 25.8. The van der Waals surface area contributed by atoms with Crippen LogP contribution in [0.25, 0.3) is 0 Å². The summed E-state index contributed by atoms with van der Waals surface area (Å²) in [5, 5.41) is 5.03. The third-order valence-corrected chi connectivity index (χ3v) is 7.08. The van der Waals surface area contributed by atoms with Crippen LogP contribution in [0.5, 0.6) is 11.5 Å². The quantitative estimate of drug-likeness (QED) is 0.337. The topological polar surface area (TPSA) is 67.9 Å². The van der Waals surface area contributed by atoms with E-state index in [4.69, 9.17) is 9.47 Å². The number of benzene rings is 3. The van der Waals surface area contributed by atoms with Gasteiger partial charge in [0.2, 0.25) is 5.91 Å². The number of nitrogens with one attached hydrogen (secondary N) is 1. The minimum absolute atomic E-state index is 0.241. The Morgan fingerprint density at radius 3 is 2.41 bits per heavy atom. The van der Waals surface area contributed by atoms with Gasteiger partial charge in [0.05, 0.1) is 6.54 Å². The van der Waals surface area contributed by atoms with Crippen molar-refractivity contribution in [3.8, 4) is 11.5 Å². The largest absolute Gasteiger partial charge is 0.486 e. The highest BCUT2D eigenvalue weighted by Crippen LogP contribution is 2.33. The molecule has 188 valence electrons. The molecule has 0 radical (unpaired) electrons. The third kappa shape index (κ3) is 5.84. The van der Waals surface area contributed by atoms with Gasteiger partial charge in [-0.1, -0.05) is 66.2 Å². The number of carbonyl (C=O) groups is 2. The fourth-order valence-electron chi connectivity index (χ4n) is 4.30. The van der Waals surface area contributed by atoms with Gasteiger partial charge in [0.25, 0.3) is 5.91 Å². The van der Waals surface area contributed by atoms with Crippen molar-refractivity contribution >= 4 is 23.2 Å². The van der Waals surface area contributed by atoms with E-state index in [1.807, 2.05) is 79.0 Å². The monoisotopic (exact) mass is 512 g/mol. The molecule has 0 bridgehead atoms. The lowest BCUT2D eigenvalue weighted by molar-refractivity contribution is -0.126. The molecule has 4 aromatic rings. The van der Waals surface area contributed by atoms with Crippen molar-refractivity contribution in [3.05, 3.63) is 117 Å². The maximum absolute atomic E-state index is 14.1. The Balaban J connectivity index is 1.51. The van der Waals surface area contributed by atoms with Crippen LogP contribution >= 0.6 is 11.3 Å². The summed E-state index contributed by atoms with van der Waals surface area (Å²) in [6.45, 7) is 3.56. The number of ether oxygens (including phenoxy) is 2. The molecular weight excluding hydrogens is 484 g/mol. The van der Waals surface area contributed by atoms with E-state index in [0.717, 1.165) is 21.6 Å². The third-order valence-electron chi connectivity index (χ3n) is 6.22. The van der Waals surface area contributed by atoms with Crippen LogP contribution in [0, 0.1) is 6.92 Å². The van der Waals surface area contributed by atoms with Gasteiger partial charge in [-0.15, -0.1) is 11.3 Å². The summed E-state index contributed by atoms with van der Waals surface area (Å²) in [6.07, 6.45) is 0. The molecule has 1 N–H and O–H groups in total. The Morgan fingerprint density at radius 1 is 0.919 bits per heavy atom. The van der Waals surface area contributed by atoms with Gasteiger partial charge >= 0.3 is 0 Å². The van der Waals surface area contributed by atoms with Crippen molar-refractivity contribution in [2.75, 3.05) is 13.2 Å². The van der Waals surface area contributed by atoms with E-state index in [0.29, 0.717) is 43.4 Å². The van der Waals surface area contributed by atoms with Crippen molar-refractivity contribution < 1.29 is 19.1 Å². The molecule has 6 nitrogen and oxygen atoms in total. The average molecular weight is 513 g/mol. The minimum Gasteiger partial charge on any atom is -0.486 e. The van der Waals surface area contributed by atoms with E-state index in [-0.39, 0.29) is 11.8 Å². The van der Waals surface area contributed by atoms with Crippen molar-refractivity contribution in [2.45, 2.75) is 26.1 Å². The second-order valence-corrected chi connectivity index (χ2v) is 9.92. The first-order valence-electron chi connectivity index (χ1n) is 12.2. The summed E-state index contributed by atoms with van der Waals surface area (Å²) in [4.78, 5) is 30.5.